The van der Waals surface area contributed by atoms with Gasteiger partial charge in [-0.2, -0.15) is 0 Å². The zero-order valence-electron chi connectivity index (χ0n) is 10.8. The van der Waals surface area contributed by atoms with Gasteiger partial charge in [-0.15, -0.1) is 22.7 Å². The number of halogens is 1. The zero-order chi connectivity index (χ0) is 13.7. The minimum atomic E-state index is -0.289. The van der Waals surface area contributed by atoms with E-state index in [4.69, 9.17) is 11.6 Å². The first-order chi connectivity index (χ1) is 9.20. The van der Waals surface area contributed by atoms with E-state index in [0.717, 1.165) is 17.2 Å². The summed E-state index contributed by atoms with van der Waals surface area (Å²) in [5, 5.41) is 15.4. The van der Waals surface area contributed by atoms with E-state index in [2.05, 4.69) is 29.8 Å². The Bertz CT molecular complexity index is 483. The lowest BCUT2D eigenvalue weighted by atomic mass is 10.1. The van der Waals surface area contributed by atoms with Crippen molar-refractivity contribution >= 4 is 34.3 Å². The molecule has 0 saturated heterocycles. The van der Waals surface area contributed by atoms with Crippen molar-refractivity contribution in [2.75, 3.05) is 6.54 Å². The van der Waals surface area contributed by atoms with Crippen molar-refractivity contribution in [1.82, 2.24) is 5.32 Å². The highest BCUT2D eigenvalue weighted by atomic mass is 35.5. The van der Waals surface area contributed by atoms with Crippen LogP contribution in [0.25, 0.3) is 0 Å². The van der Waals surface area contributed by atoms with Gasteiger partial charge in [-0.05, 0) is 30.0 Å². The van der Waals surface area contributed by atoms with E-state index in [1.54, 1.807) is 22.7 Å². The van der Waals surface area contributed by atoms with Crippen molar-refractivity contribution in [2.24, 2.45) is 0 Å². The minimum absolute atomic E-state index is 0.129. The number of aliphatic hydroxyl groups excluding tert-OH is 1. The van der Waals surface area contributed by atoms with Crippen LogP contribution in [0.15, 0.2) is 29.6 Å². The van der Waals surface area contributed by atoms with Gasteiger partial charge in [-0.25, -0.2) is 0 Å². The maximum Gasteiger partial charge on any atom is 0.0931 e. The molecule has 19 heavy (non-hydrogen) atoms. The van der Waals surface area contributed by atoms with Crippen LogP contribution in [-0.4, -0.2) is 17.8 Å². The average molecular weight is 316 g/mol. The normalized spacial score (nSPS) is 14.5. The number of rotatable bonds is 7. The summed E-state index contributed by atoms with van der Waals surface area (Å²) in [5.41, 5.74) is 0. The van der Waals surface area contributed by atoms with Gasteiger partial charge in [-0.1, -0.05) is 31.0 Å². The van der Waals surface area contributed by atoms with Gasteiger partial charge in [0, 0.05) is 16.3 Å². The Balaban J connectivity index is 2.07. The summed E-state index contributed by atoms with van der Waals surface area (Å²) in [6.07, 6.45) is 1.54. The molecule has 2 unspecified atom stereocenters. The Hall–Kier alpha value is -0.390. The summed E-state index contributed by atoms with van der Waals surface area (Å²) in [5.74, 6) is 0. The molecule has 2 atom stereocenters. The van der Waals surface area contributed by atoms with Crippen molar-refractivity contribution in [3.05, 3.63) is 43.7 Å². The molecule has 0 aliphatic rings. The molecular weight excluding hydrogens is 298 g/mol. The molecule has 0 aromatic carbocycles. The smallest absolute Gasteiger partial charge is 0.0931 e. The second-order valence-electron chi connectivity index (χ2n) is 4.44. The lowest BCUT2D eigenvalue weighted by molar-refractivity contribution is 0.158. The highest BCUT2D eigenvalue weighted by molar-refractivity contribution is 7.16. The number of nitrogens with one attached hydrogen (secondary N) is 1. The molecule has 0 aliphatic carbocycles. The fraction of sp³-hybridized carbons (Fsp3) is 0.429. The molecule has 0 saturated carbocycles. The molecule has 104 valence electrons. The lowest BCUT2D eigenvalue weighted by Crippen LogP contribution is -2.30. The molecule has 0 amide bonds. The standard InChI is InChI=1S/C14H18ClNOS2/c1-2-4-10(17)9-16-14(11-5-3-8-18-11)12-6-7-13(15)19-12/h3,5-8,10,14,16-17H,2,4,9H2,1H3. The van der Waals surface area contributed by atoms with Crippen molar-refractivity contribution in [1.29, 1.82) is 0 Å². The molecule has 2 aromatic rings. The van der Waals surface area contributed by atoms with E-state index < -0.39 is 0 Å². The molecule has 0 radical (unpaired) electrons. The fourth-order valence-corrected chi connectivity index (χ4v) is 4.02. The molecule has 0 aliphatic heterocycles. The zero-order valence-corrected chi connectivity index (χ0v) is 13.2. The summed E-state index contributed by atoms with van der Waals surface area (Å²) in [6, 6.07) is 8.27. The van der Waals surface area contributed by atoms with Gasteiger partial charge in [0.05, 0.1) is 16.5 Å². The maximum absolute atomic E-state index is 9.87. The summed E-state index contributed by atoms with van der Waals surface area (Å²) in [4.78, 5) is 2.44. The fourth-order valence-electron chi connectivity index (χ4n) is 1.97. The molecule has 0 bridgehead atoms. The molecule has 2 rings (SSSR count). The summed E-state index contributed by atoms with van der Waals surface area (Å²) >= 11 is 9.33. The molecular formula is C14H18ClNOS2. The van der Waals surface area contributed by atoms with E-state index in [9.17, 15) is 5.11 Å². The van der Waals surface area contributed by atoms with Crippen LogP contribution in [0.4, 0.5) is 0 Å². The lowest BCUT2D eigenvalue weighted by Gasteiger charge is -2.18. The Kier molecular flexibility index (Phi) is 5.85. The van der Waals surface area contributed by atoms with E-state index in [0.29, 0.717) is 6.54 Å². The molecule has 2 heterocycles. The molecule has 0 spiro atoms. The third-order valence-electron chi connectivity index (χ3n) is 2.89. The predicted molar refractivity (Wildman–Crippen MR) is 84.4 cm³/mol. The van der Waals surface area contributed by atoms with Crippen LogP contribution in [0.1, 0.15) is 35.6 Å². The van der Waals surface area contributed by atoms with Gasteiger partial charge in [0.1, 0.15) is 0 Å². The van der Waals surface area contributed by atoms with Gasteiger partial charge in [0.15, 0.2) is 0 Å². The molecule has 2 aromatic heterocycles. The monoisotopic (exact) mass is 315 g/mol. The predicted octanol–water partition coefficient (Wildman–Crippen LogP) is 4.30. The number of aliphatic hydroxyl groups is 1. The minimum Gasteiger partial charge on any atom is -0.392 e. The van der Waals surface area contributed by atoms with E-state index in [1.807, 2.05) is 12.1 Å². The summed E-state index contributed by atoms with van der Waals surface area (Å²) in [6.45, 7) is 2.69. The Morgan fingerprint density at radius 2 is 2.16 bits per heavy atom. The van der Waals surface area contributed by atoms with Gasteiger partial charge < -0.3 is 10.4 Å². The summed E-state index contributed by atoms with van der Waals surface area (Å²) < 4.78 is 0.799. The third-order valence-corrected chi connectivity index (χ3v) is 5.12. The van der Waals surface area contributed by atoms with E-state index >= 15 is 0 Å². The Labute approximate surface area is 127 Å². The Morgan fingerprint density at radius 3 is 2.74 bits per heavy atom. The quantitative estimate of drug-likeness (QED) is 0.798. The van der Waals surface area contributed by atoms with Crippen molar-refractivity contribution in [2.45, 2.75) is 31.9 Å². The van der Waals surface area contributed by atoms with Crippen LogP contribution in [0.5, 0.6) is 0 Å². The topological polar surface area (TPSA) is 32.3 Å². The first-order valence-electron chi connectivity index (χ1n) is 6.40. The molecule has 2 N–H and O–H groups in total. The van der Waals surface area contributed by atoms with Gasteiger partial charge in [0.2, 0.25) is 0 Å². The number of hydrogen-bond donors (Lipinski definition) is 2. The first-order valence-corrected chi connectivity index (χ1v) is 8.48. The number of thiophene rings is 2. The summed E-state index contributed by atoms with van der Waals surface area (Å²) in [7, 11) is 0. The van der Waals surface area contributed by atoms with Crippen LogP contribution in [0.2, 0.25) is 4.34 Å². The Morgan fingerprint density at radius 1 is 1.32 bits per heavy atom. The second kappa shape index (κ2) is 7.41. The van der Waals surface area contributed by atoms with Gasteiger partial charge in [-0.3, -0.25) is 0 Å². The van der Waals surface area contributed by atoms with E-state index in [-0.39, 0.29) is 12.1 Å². The van der Waals surface area contributed by atoms with E-state index in [1.165, 1.54) is 9.75 Å². The van der Waals surface area contributed by atoms with Crippen LogP contribution < -0.4 is 5.32 Å². The van der Waals surface area contributed by atoms with Crippen LogP contribution >= 0.6 is 34.3 Å². The van der Waals surface area contributed by atoms with Crippen LogP contribution in [-0.2, 0) is 0 Å². The highest BCUT2D eigenvalue weighted by Crippen LogP contribution is 2.33. The highest BCUT2D eigenvalue weighted by Gasteiger charge is 2.17. The molecule has 5 heteroatoms. The van der Waals surface area contributed by atoms with Crippen LogP contribution in [0.3, 0.4) is 0 Å². The SMILES string of the molecule is CCCC(O)CNC(c1cccs1)c1ccc(Cl)s1. The third kappa shape index (κ3) is 4.29. The van der Waals surface area contributed by atoms with Gasteiger partial charge in [0.25, 0.3) is 0 Å². The van der Waals surface area contributed by atoms with Crippen molar-refractivity contribution in [3.63, 3.8) is 0 Å². The molecule has 0 fully saturated rings. The molecule has 2 nitrogen and oxygen atoms in total. The first kappa shape index (κ1) is 15.0. The van der Waals surface area contributed by atoms with Gasteiger partial charge >= 0.3 is 0 Å². The van der Waals surface area contributed by atoms with Crippen molar-refractivity contribution < 1.29 is 5.11 Å². The number of hydrogen-bond acceptors (Lipinski definition) is 4. The van der Waals surface area contributed by atoms with Crippen LogP contribution in [0, 0.1) is 0 Å². The maximum atomic E-state index is 9.87. The van der Waals surface area contributed by atoms with Crippen molar-refractivity contribution in [3.8, 4) is 0 Å². The second-order valence-corrected chi connectivity index (χ2v) is 7.17. The largest absolute Gasteiger partial charge is 0.392 e. The average Bonchev–Trinajstić information content (AvgIpc) is 3.02.